The summed E-state index contributed by atoms with van der Waals surface area (Å²) in [6, 6.07) is 9.59. The third-order valence-corrected chi connectivity index (χ3v) is 4.01. The normalized spacial score (nSPS) is 16.6. The molecule has 21 heavy (non-hydrogen) atoms. The standard InChI is InChI=1S/C17H25NO3/c19-16(14-7-4-5-8-14)13-18-17(20)11-6-12-21-15-9-2-1-3-10-15/h1-3,9-10,14,16,19H,4-8,11-13H2,(H,18,20). The Balaban J connectivity index is 1.53. The Morgan fingerprint density at radius 1 is 1.29 bits per heavy atom. The van der Waals surface area contributed by atoms with Gasteiger partial charge < -0.3 is 15.2 Å². The largest absolute Gasteiger partial charge is 0.494 e. The van der Waals surface area contributed by atoms with Gasteiger partial charge in [0.1, 0.15) is 5.75 Å². The fourth-order valence-corrected chi connectivity index (χ4v) is 2.76. The molecule has 1 aliphatic carbocycles. The highest BCUT2D eigenvalue weighted by Crippen LogP contribution is 2.27. The number of rotatable bonds is 8. The van der Waals surface area contributed by atoms with Crippen LogP contribution in [-0.2, 0) is 4.79 Å². The lowest BCUT2D eigenvalue weighted by Gasteiger charge is -2.18. The molecule has 4 heteroatoms. The molecule has 1 aromatic carbocycles. The Hall–Kier alpha value is -1.55. The van der Waals surface area contributed by atoms with Crippen molar-refractivity contribution < 1.29 is 14.6 Å². The molecule has 1 fully saturated rings. The van der Waals surface area contributed by atoms with Crippen molar-refractivity contribution in [3.8, 4) is 5.75 Å². The molecule has 0 bridgehead atoms. The van der Waals surface area contributed by atoms with Gasteiger partial charge in [-0.1, -0.05) is 31.0 Å². The van der Waals surface area contributed by atoms with E-state index in [1.807, 2.05) is 30.3 Å². The Morgan fingerprint density at radius 2 is 2.00 bits per heavy atom. The van der Waals surface area contributed by atoms with Crippen LogP contribution in [0.4, 0.5) is 0 Å². The van der Waals surface area contributed by atoms with E-state index in [1.54, 1.807) is 0 Å². The number of ether oxygens (including phenoxy) is 1. The smallest absolute Gasteiger partial charge is 0.220 e. The van der Waals surface area contributed by atoms with Crippen LogP contribution in [0, 0.1) is 5.92 Å². The van der Waals surface area contributed by atoms with Gasteiger partial charge in [-0.05, 0) is 37.3 Å². The van der Waals surface area contributed by atoms with E-state index in [0.717, 1.165) is 18.6 Å². The molecule has 1 aromatic rings. The van der Waals surface area contributed by atoms with Gasteiger partial charge in [-0.2, -0.15) is 0 Å². The minimum atomic E-state index is -0.392. The van der Waals surface area contributed by atoms with Crippen molar-refractivity contribution in [2.75, 3.05) is 13.2 Å². The summed E-state index contributed by atoms with van der Waals surface area (Å²) in [5, 5.41) is 12.8. The molecule has 1 atom stereocenters. The molecule has 0 radical (unpaired) electrons. The van der Waals surface area contributed by atoms with E-state index >= 15 is 0 Å². The first-order valence-corrected chi connectivity index (χ1v) is 7.88. The molecule has 2 N–H and O–H groups in total. The third-order valence-electron chi connectivity index (χ3n) is 4.01. The van der Waals surface area contributed by atoms with Crippen LogP contribution in [-0.4, -0.2) is 30.3 Å². The summed E-state index contributed by atoms with van der Waals surface area (Å²) in [6.07, 6.45) is 5.30. The predicted molar refractivity (Wildman–Crippen MR) is 82.1 cm³/mol. The summed E-state index contributed by atoms with van der Waals surface area (Å²) in [4.78, 5) is 11.7. The first-order valence-electron chi connectivity index (χ1n) is 7.88. The summed E-state index contributed by atoms with van der Waals surface area (Å²) in [5.41, 5.74) is 0. The van der Waals surface area contributed by atoms with Crippen LogP contribution in [0.5, 0.6) is 5.75 Å². The average Bonchev–Trinajstić information content (AvgIpc) is 3.05. The number of aliphatic hydroxyl groups is 1. The molecule has 0 aromatic heterocycles. The van der Waals surface area contributed by atoms with Crippen molar-refractivity contribution in [1.82, 2.24) is 5.32 Å². The Bertz CT molecular complexity index is 415. The number of nitrogens with one attached hydrogen (secondary N) is 1. The Morgan fingerprint density at radius 3 is 2.71 bits per heavy atom. The molecular formula is C17H25NO3. The summed E-state index contributed by atoms with van der Waals surface area (Å²) in [5.74, 6) is 1.19. The van der Waals surface area contributed by atoms with E-state index in [2.05, 4.69) is 5.32 Å². The highest BCUT2D eigenvalue weighted by atomic mass is 16.5. The van der Waals surface area contributed by atoms with Gasteiger partial charge in [0, 0.05) is 13.0 Å². The summed E-state index contributed by atoms with van der Waals surface area (Å²) >= 11 is 0. The molecule has 1 aliphatic rings. The highest BCUT2D eigenvalue weighted by Gasteiger charge is 2.23. The van der Waals surface area contributed by atoms with Gasteiger partial charge >= 0.3 is 0 Å². The number of hydrogen-bond acceptors (Lipinski definition) is 3. The fourth-order valence-electron chi connectivity index (χ4n) is 2.76. The predicted octanol–water partition coefficient (Wildman–Crippen LogP) is 2.51. The molecule has 0 spiro atoms. The first kappa shape index (κ1) is 15.8. The molecule has 4 nitrogen and oxygen atoms in total. The SMILES string of the molecule is O=C(CCCOc1ccccc1)NCC(O)C1CCCC1. The van der Waals surface area contributed by atoms with Crippen molar-refractivity contribution in [3.05, 3.63) is 30.3 Å². The van der Waals surface area contributed by atoms with E-state index in [-0.39, 0.29) is 5.91 Å². The summed E-state index contributed by atoms with van der Waals surface area (Å²) in [7, 11) is 0. The van der Waals surface area contributed by atoms with E-state index in [4.69, 9.17) is 4.74 Å². The maximum atomic E-state index is 11.7. The van der Waals surface area contributed by atoms with Gasteiger partial charge in [0.05, 0.1) is 12.7 Å². The van der Waals surface area contributed by atoms with Gasteiger partial charge in [-0.25, -0.2) is 0 Å². The molecule has 1 unspecified atom stereocenters. The molecule has 116 valence electrons. The number of hydrogen-bond donors (Lipinski definition) is 2. The Labute approximate surface area is 126 Å². The molecule has 0 heterocycles. The lowest BCUT2D eigenvalue weighted by Crippen LogP contribution is -2.35. The van der Waals surface area contributed by atoms with Crippen LogP contribution >= 0.6 is 0 Å². The van der Waals surface area contributed by atoms with E-state index in [1.165, 1.54) is 12.8 Å². The van der Waals surface area contributed by atoms with Crippen molar-refractivity contribution in [1.29, 1.82) is 0 Å². The minimum absolute atomic E-state index is 0.0105. The second-order valence-electron chi connectivity index (χ2n) is 5.68. The molecule has 0 aliphatic heterocycles. The van der Waals surface area contributed by atoms with Gasteiger partial charge in [0.15, 0.2) is 0 Å². The maximum absolute atomic E-state index is 11.7. The Kier molecular flexibility index (Phi) is 6.54. The molecule has 2 rings (SSSR count). The zero-order chi connectivity index (χ0) is 14.9. The van der Waals surface area contributed by atoms with Crippen LogP contribution in [0.25, 0.3) is 0 Å². The quantitative estimate of drug-likeness (QED) is 0.724. The highest BCUT2D eigenvalue weighted by molar-refractivity contribution is 5.75. The lowest BCUT2D eigenvalue weighted by molar-refractivity contribution is -0.121. The second-order valence-corrected chi connectivity index (χ2v) is 5.68. The van der Waals surface area contributed by atoms with Crippen LogP contribution in [0.1, 0.15) is 38.5 Å². The number of amides is 1. The zero-order valence-electron chi connectivity index (χ0n) is 12.5. The number of aliphatic hydroxyl groups excluding tert-OH is 1. The van der Waals surface area contributed by atoms with Gasteiger partial charge in [0.2, 0.25) is 5.91 Å². The van der Waals surface area contributed by atoms with E-state index in [9.17, 15) is 9.90 Å². The third kappa shape index (κ3) is 5.76. The molecule has 1 saturated carbocycles. The van der Waals surface area contributed by atoms with Gasteiger partial charge in [-0.15, -0.1) is 0 Å². The van der Waals surface area contributed by atoms with Crippen LogP contribution < -0.4 is 10.1 Å². The number of carbonyl (C=O) groups is 1. The zero-order valence-corrected chi connectivity index (χ0v) is 12.5. The van der Waals surface area contributed by atoms with Crippen molar-refractivity contribution in [2.45, 2.75) is 44.6 Å². The van der Waals surface area contributed by atoms with Crippen molar-refractivity contribution in [2.24, 2.45) is 5.92 Å². The van der Waals surface area contributed by atoms with Crippen molar-refractivity contribution >= 4 is 5.91 Å². The summed E-state index contributed by atoms with van der Waals surface area (Å²) < 4.78 is 5.53. The van der Waals surface area contributed by atoms with Crippen LogP contribution in [0.15, 0.2) is 30.3 Å². The van der Waals surface area contributed by atoms with Crippen LogP contribution in [0.2, 0.25) is 0 Å². The number of para-hydroxylation sites is 1. The molecular weight excluding hydrogens is 266 g/mol. The maximum Gasteiger partial charge on any atom is 0.220 e. The monoisotopic (exact) mass is 291 g/mol. The van der Waals surface area contributed by atoms with Crippen molar-refractivity contribution in [3.63, 3.8) is 0 Å². The minimum Gasteiger partial charge on any atom is -0.494 e. The topological polar surface area (TPSA) is 58.6 Å². The number of carbonyl (C=O) groups excluding carboxylic acids is 1. The average molecular weight is 291 g/mol. The molecule has 1 amide bonds. The van der Waals surface area contributed by atoms with Crippen LogP contribution in [0.3, 0.4) is 0 Å². The number of benzene rings is 1. The van der Waals surface area contributed by atoms with E-state index < -0.39 is 6.10 Å². The lowest BCUT2D eigenvalue weighted by atomic mass is 10.0. The fraction of sp³-hybridized carbons (Fsp3) is 0.588. The first-order chi connectivity index (χ1) is 10.3. The summed E-state index contributed by atoms with van der Waals surface area (Å²) in [6.45, 7) is 0.908. The van der Waals surface area contributed by atoms with Gasteiger partial charge in [0.25, 0.3) is 0 Å². The van der Waals surface area contributed by atoms with E-state index in [0.29, 0.717) is 31.9 Å². The second kappa shape index (κ2) is 8.67. The molecule has 0 saturated heterocycles. The van der Waals surface area contributed by atoms with Gasteiger partial charge in [-0.3, -0.25) is 4.79 Å².